The molecule has 2 aromatic rings. The van der Waals surface area contributed by atoms with Gasteiger partial charge < -0.3 is 15.4 Å². The van der Waals surface area contributed by atoms with Crippen molar-refractivity contribution in [3.8, 4) is 0 Å². The van der Waals surface area contributed by atoms with Crippen LogP contribution in [0.2, 0.25) is 0 Å². The Labute approximate surface area is 124 Å². The summed E-state index contributed by atoms with van der Waals surface area (Å²) in [6.45, 7) is 1.46. The zero-order valence-electron chi connectivity index (χ0n) is 10.9. The molecule has 0 spiro atoms. The fraction of sp³-hybridized carbons (Fsp3) is 0.0714. The van der Waals surface area contributed by atoms with E-state index in [1.807, 2.05) is 0 Å². The monoisotopic (exact) mass is 305 g/mol. The summed E-state index contributed by atoms with van der Waals surface area (Å²) in [5.41, 5.74) is 0.115. The Hall–Kier alpha value is -2.54. The summed E-state index contributed by atoms with van der Waals surface area (Å²) in [6, 6.07) is 5.98. The quantitative estimate of drug-likeness (QED) is 0.663. The zero-order chi connectivity index (χ0) is 15.6. The highest BCUT2D eigenvalue weighted by molar-refractivity contribution is 7.99. The first-order valence-corrected chi connectivity index (χ1v) is 6.68. The highest BCUT2D eigenvalue weighted by Gasteiger charge is 2.17. The Morgan fingerprint density at radius 3 is 1.95 bits per heavy atom. The zero-order valence-corrected chi connectivity index (χ0v) is 11.8. The Morgan fingerprint density at radius 1 is 1.05 bits per heavy atom. The van der Waals surface area contributed by atoms with E-state index in [9.17, 15) is 14.8 Å². The molecule has 1 heterocycles. The maximum absolute atomic E-state index is 11.2. The normalized spacial score (nSPS) is 10.3. The van der Waals surface area contributed by atoms with E-state index in [0.29, 0.717) is 14.5 Å². The summed E-state index contributed by atoms with van der Waals surface area (Å²) in [5.74, 6) is -2.36. The van der Waals surface area contributed by atoms with Crippen molar-refractivity contribution < 1.29 is 24.5 Å². The first kappa shape index (κ1) is 14.9. The molecular formula is C14H11NO5S. The van der Waals surface area contributed by atoms with Crippen molar-refractivity contribution in [2.24, 2.45) is 0 Å². The number of aromatic nitrogens is 1. The molecule has 0 atom stereocenters. The van der Waals surface area contributed by atoms with Gasteiger partial charge in [-0.05, 0) is 24.6 Å². The molecule has 0 aliphatic heterocycles. The van der Waals surface area contributed by atoms with Gasteiger partial charge in [-0.15, -0.1) is 0 Å². The van der Waals surface area contributed by atoms with E-state index in [1.165, 1.54) is 43.2 Å². The molecule has 2 rings (SSSR count). The molecule has 0 aliphatic rings. The summed E-state index contributed by atoms with van der Waals surface area (Å²) < 4.78 is 0.630. The standard InChI is InChI=1S/C14H11NO5S/c1-8-11(13(16)17)6-10(7-12(8)14(18)19)21-9-2-4-15(20)5-3-9/h2-7H,1H3,(H,16,17)(H,18,19). The molecule has 2 N–H and O–H groups in total. The number of benzene rings is 1. The van der Waals surface area contributed by atoms with Gasteiger partial charge in [-0.3, -0.25) is 0 Å². The average molecular weight is 305 g/mol. The lowest BCUT2D eigenvalue weighted by Crippen LogP contribution is -2.23. The van der Waals surface area contributed by atoms with Crippen LogP contribution in [-0.4, -0.2) is 22.2 Å². The molecule has 1 aromatic carbocycles. The second kappa shape index (κ2) is 5.84. The SMILES string of the molecule is Cc1c(C(=O)O)cc(Sc2cc[n+]([O-])cc2)cc1C(=O)O. The summed E-state index contributed by atoms with van der Waals surface area (Å²) in [5, 5.41) is 29.3. The summed E-state index contributed by atoms with van der Waals surface area (Å²) in [7, 11) is 0. The second-order valence-electron chi connectivity index (χ2n) is 4.25. The van der Waals surface area contributed by atoms with Crippen molar-refractivity contribution in [2.45, 2.75) is 16.7 Å². The van der Waals surface area contributed by atoms with E-state index in [1.54, 1.807) is 12.1 Å². The van der Waals surface area contributed by atoms with Gasteiger partial charge in [-0.1, -0.05) is 11.8 Å². The highest BCUT2D eigenvalue weighted by Crippen LogP contribution is 2.30. The number of nitrogens with zero attached hydrogens (tertiary/aromatic N) is 1. The van der Waals surface area contributed by atoms with Gasteiger partial charge in [-0.25, -0.2) is 9.59 Å². The van der Waals surface area contributed by atoms with Gasteiger partial charge in [0.05, 0.1) is 11.1 Å². The molecule has 0 saturated carbocycles. The van der Waals surface area contributed by atoms with E-state index in [4.69, 9.17) is 10.2 Å². The fourth-order valence-electron chi connectivity index (χ4n) is 1.79. The van der Waals surface area contributed by atoms with Gasteiger partial charge in [0.1, 0.15) is 0 Å². The smallest absolute Gasteiger partial charge is 0.336 e. The van der Waals surface area contributed by atoms with E-state index < -0.39 is 11.9 Å². The number of carboxylic acids is 2. The molecule has 0 radical (unpaired) electrons. The number of rotatable bonds is 4. The van der Waals surface area contributed by atoms with E-state index in [-0.39, 0.29) is 16.7 Å². The van der Waals surface area contributed by atoms with Crippen LogP contribution in [0.25, 0.3) is 0 Å². The minimum Gasteiger partial charge on any atom is -0.619 e. The fourth-order valence-corrected chi connectivity index (χ4v) is 2.68. The molecule has 6 nitrogen and oxygen atoms in total. The molecule has 7 heteroatoms. The molecule has 0 amide bonds. The predicted octanol–water partition coefficient (Wildman–Crippen LogP) is 2.18. The first-order chi connectivity index (χ1) is 9.88. The van der Waals surface area contributed by atoms with Gasteiger partial charge in [0.15, 0.2) is 12.4 Å². The molecule has 0 saturated heterocycles. The third-order valence-electron chi connectivity index (χ3n) is 2.85. The van der Waals surface area contributed by atoms with Gasteiger partial charge in [-0.2, -0.15) is 4.73 Å². The number of hydrogen-bond acceptors (Lipinski definition) is 4. The van der Waals surface area contributed by atoms with Gasteiger partial charge in [0.25, 0.3) is 0 Å². The van der Waals surface area contributed by atoms with Crippen LogP contribution in [0.4, 0.5) is 0 Å². The van der Waals surface area contributed by atoms with Crippen LogP contribution in [0.15, 0.2) is 46.5 Å². The molecular weight excluding hydrogens is 294 g/mol. The third-order valence-corrected chi connectivity index (χ3v) is 3.83. The van der Waals surface area contributed by atoms with Crippen molar-refractivity contribution in [1.82, 2.24) is 0 Å². The Kier molecular flexibility index (Phi) is 4.13. The number of pyridine rings is 1. The summed E-state index contributed by atoms with van der Waals surface area (Å²) in [4.78, 5) is 23.6. The van der Waals surface area contributed by atoms with Crippen LogP contribution in [0.3, 0.4) is 0 Å². The lowest BCUT2D eigenvalue weighted by molar-refractivity contribution is -0.605. The second-order valence-corrected chi connectivity index (χ2v) is 5.40. The molecule has 21 heavy (non-hydrogen) atoms. The predicted molar refractivity (Wildman–Crippen MR) is 74.6 cm³/mol. The topological polar surface area (TPSA) is 102 Å². The van der Waals surface area contributed by atoms with Crippen molar-refractivity contribution in [2.75, 3.05) is 0 Å². The molecule has 0 aliphatic carbocycles. The van der Waals surface area contributed by atoms with E-state index in [2.05, 4.69) is 0 Å². The summed E-state index contributed by atoms with van der Waals surface area (Å²) in [6.07, 6.45) is 2.62. The highest BCUT2D eigenvalue weighted by atomic mass is 32.2. The molecule has 0 bridgehead atoms. The van der Waals surface area contributed by atoms with E-state index in [0.717, 1.165) is 0 Å². The summed E-state index contributed by atoms with van der Waals surface area (Å²) >= 11 is 1.19. The molecule has 1 aromatic heterocycles. The van der Waals surface area contributed by atoms with Crippen LogP contribution in [0.1, 0.15) is 26.3 Å². The molecule has 108 valence electrons. The number of hydrogen-bond donors (Lipinski definition) is 2. The van der Waals surface area contributed by atoms with Crippen LogP contribution in [0, 0.1) is 12.1 Å². The molecule has 0 fully saturated rings. The first-order valence-electron chi connectivity index (χ1n) is 5.86. The number of aromatic carboxylic acids is 2. The van der Waals surface area contributed by atoms with Crippen molar-refractivity contribution in [3.05, 3.63) is 58.6 Å². The maximum Gasteiger partial charge on any atom is 0.336 e. The van der Waals surface area contributed by atoms with Crippen LogP contribution >= 0.6 is 11.8 Å². The van der Waals surface area contributed by atoms with Gasteiger partial charge >= 0.3 is 11.9 Å². The average Bonchev–Trinajstić information content (AvgIpc) is 2.42. The van der Waals surface area contributed by atoms with Crippen molar-refractivity contribution in [3.63, 3.8) is 0 Å². The maximum atomic E-state index is 11.2. The van der Waals surface area contributed by atoms with Crippen molar-refractivity contribution >= 4 is 23.7 Å². The number of carbonyl (C=O) groups is 2. The molecule has 0 unspecified atom stereocenters. The van der Waals surface area contributed by atoms with Crippen LogP contribution < -0.4 is 4.73 Å². The van der Waals surface area contributed by atoms with Crippen LogP contribution in [-0.2, 0) is 0 Å². The minimum absolute atomic E-state index is 0.0489. The lowest BCUT2D eigenvalue weighted by atomic mass is 10.0. The Morgan fingerprint density at radius 2 is 1.52 bits per heavy atom. The third kappa shape index (κ3) is 3.32. The van der Waals surface area contributed by atoms with Gasteiger partial charge in [0, 0.05) is 21.9 Å². The van der Waals surface area contributed by atoms with Gasteiger partial charge in [0.2, 0.25) is 0 Å². The Bertz CT molecular complexity index is 677. The van der Waals surface area contributed by atoms with E-state index >= 15 is 0 Å². The van der Waals surface area contributed by atoms with Crippen LogP contribution in [0.5, 0.6) is 0 Å². The van der Waals surface area contributed by atoms with Crippen molar-refractivity contribution in [1.29, 1.82) is 0 Å². The largest absolute Gasteiger partial charge is 0.619 e. The minimum atomic E-state index is -1.18. The Balaban J connectivity index is 2.46. The lowest BCUT2D eigenvalue weighted by Gasteiger charge is -2.09. The number of carboxylic acid groups (broad SMARTS) is 2.